The van der Waals surface area contributed by atoms with Crippen molar-refractivity contribution in [3.8, 4) is 11.3 Å². The van der Waals surface area contributed by atoms with E-state index in [4.69, 9.17) is 16.6 Å². The lowest BCUT2D eigenvalue weighted by molar-refractivity contribution is 0.0697. The average molecular weight is 499 g/mol. The van der Waals surface area contributed by atoms with Gasteiger partial charge in [0, 0.05) is 30.5 Å². The Labute approximate surface area is 214 Å². The second-order valence-corrected chi connectivity index (χ2v) is 8.94. The number of hydrogen-bond donors (Lipinski definition) is 3. The Morgan fingerprint density at radius 3 is 2.53 bits per heavy atom. The average Bonchev–Trinajstić information content (AvgIpc) is 3.52. The molecule has 0 saturated carbocycles. The summed E-state index contributed by atoms with van der Waals surface area (Å²) in [6.45, 7) is 1.55. The highest BCUT2D eigenvalue weighted by Crippen LogP contribution is 2.40. The number of aromatic nitrogens is 1. The first-order valence-corrected chi connectivity index (χ1v) is 12.2. The van der Waals surface area contributed by atoms with Gasteiger partial charge in [0.2, 0.25) is 0 Å². The van der Waals surface area contributed by atoms with Crippen LogP contribution >= 0.6 is 12.2 Å². The normalized spacial score (nSPS) is 17.1. The molecule has 7 nitrogen and oxygen atoms in total. The zero-order valence-electron chi connectivity index (χ0n) is 19.5. The molecule has 0 unspecified atom stereocenters. The fraction of sp³-hybridized carbons (Fsp3) is 0.179. The Hall–Kier alpha value is -4.17. The Morgan fingerprint density at radius 2 is 1.81 bits per heavy atom. The zero-order valence-corrected chi connectivity index (χ0v) is 20.3. The van der Waals surface area contributed by atoms with Gasteiger partial charge in [0.1, 0.15) is 17.6 Å². The van der Waals surface area contributed by atoms with Crippen LogP contribution in [0.2, 0.25) is 0 Å². The predicted molar refractivity (Wildman–Crippen MR) is 143 cm³/mol. The Bertz CT molecular complexity index is 1330. The number of furan rings is 1. The van der Waals surface area contributed by atoms with E-state index < -0.39 is 5.97 Å². The molecule has 1 aliphatic rings. The van der Waals surface area contributed by atoms with Crippen molar-refractivity contribution in [2.75, 3.05) is 18.4 Å². The summed E-state index contributed by atoms with van der Waals surface area (Å²) in [4.78, 5) is 17.9. The van der Waals surface area contributed by atoms with E-state index in [0.29, 0.717) is 10.9 Å². The summed E-state index contributed by atoms with van der Waals surface area (Å²) in [7, 11) is 0. The molecule has 5 rings (SSSR count). The number of benzene rings is 2. The number of hydrogen-bond acceptors (Lipinski definition) is 5. The van der Waals surface area contributed by atoms with Crippen LogP contribution in [0.3, 0.4) is 0 Å². The third-order valence-electron chi connectivity index (χ3n) is 6.21. The number of carboxylic acid groups (broad SMARTS) is 1. The van der Waals surface area contributed by atoms with Crippen molar-refractivity contribution in [3.05, 3.63) is 108 Å². The molecule has 0 spiro atoms. The van der Waals surface area contributed by atoms with Gasteiger partial charge in [0.05, 0.1) is 17.3 Å². The minimum atomic E-state index is -0.956. The minimum Gasteiger partial charge on any atom is -0.478 e. The zero-order chi connectivity index (χ0) is 24.9. The van der Waals surface area contributed by atoms with Crippen molar-refractivity contribution in [2.45, 2.75) is 18.5 Å². The molecule has 182 valence electrons. The molecule has 1 saturated heterocycles. The number of thiocarbonyl (C=S) groups is 1. The number of para-hydroxylation sites is 1. The van der Waals surface area contributed by atoms with Crippen molar-refractivity contribution >= 4 is 29.0 Å². The van der Waals surface area contributed by atoms with E-state index in [0.717, 1.165) is 42.2 Å². The van der Waals surface area contributed by atoms with Gasteiger partial charge in [-0.25, -0.2) is 4.79 Å². The largest absolute Gasteiger partial charge is 0.478 e. The van der Waals surface area contributed by atoms with E-state index >= 15 is 0 Å². The standard InChI is InChI=1S/C28H26N4O3S/c33-27(34)20-12-10-19(11-13-20)23-14-15-24(35-23)26-25(22-9-4-5-16-30-22)31-28(36)32(26)18-6-17-29-21-7-2-1-3-8-21/h1-5,7-16,25-26,29H,6,17-18H2,(H,31,36)(H,33,34)/t25-,26+/m1/s1. The number of pyridine rings is 1. The Morgan fingerprint density at radius 1 is 1.03 bits per heavy atom. The Balaban J connectivity index is 1.37. The second-order valence-electron chi connectivity index (χ2n) is 8.55. The lowest BCUT2D eigenvalue weighted by atomic mass is 10.0. The molecule has 8 heteroatoms. The Kier molecular flexibility index (Phi) is 6.95. The van der Waals surface area contributed by atoms with Crippen molar-refractivity contribution in [1.82, 2.24) is 15.2 Å². The number of rotatable bonds is 9. The topological polar surface area (TPSA) is 90.6 Å². The van der Waals surface area contributed by atoms with Gasteiger partial charge >= 0.3 is 5.97 Å². The predicted octanol–water partition coefficient (Wildman–Crippen LogP) is 5.51. The number of aromatic carboxylic acids is 1. The minimum absolute atomic E-state index is 0.158. The third-order valence-corrected chi connectivity index (χ3v) is 6.56. The van der Waals surface area contributed by atoms with Crippen LogP contribution < -0.4 is 10.6 Å². The molecule has 0 amide bonds. The summed E-state index contributed by atoms with van der Waals surface area (Å²) in [5.74, 6) is 0.486. The summed E-state index contributed by atoms with van der Waals surface area (Å²) in [5.41, 5.74) is 3.03. The molecule has 36 heavy (non-hydrogen) atoms. The fourth-order valence-electron chi connectivity index (χ4n) is 4.44. The van der Waals surface area contributed by atoms with Crippen LogP contribution in [0.1, 0.15) is 40.3 Å². The maximum absolute atomic E-state index is 11.2. The molecule has 3 heterocycles. The van der Waals surface area contributed by atoms with Crippen molar-refractivity contribution < 1.29 is 14.3 Å². The van der Waals surface area contributed by atoms with Crippen LogP contribution in [0.5, 0.6) is 0 Å². The molecule has 2 aromatic heterocycles. The molecular weight excluding hydrogens is 472 g/mol. The van der Waals surface area contributed by atoms with E-state index in [1.807, 2.05) is 48.5 Å². The van der Waals surface area contributed by atoms with Gasteiger partial charge < -0.3 is 25.1 Å². The first-order chi connectivity index (χ1) is 17.6. The molecule has 0 radical (unpaired) electrons. The smallest absolute Gasteiger partial charge is 0.335 e. The van der Waals surface area contributed by atoms with E-state index in [-0.39, 0.29) is 17.6 Å². The summed E-state index contributed by atoms with van der Waals surface area (Å²) in [6.07, 6.45) is 2.66. The maximum Gasteiger partial charge on any atom is 0.335 e. The van der Waals surface area contributed by atoms with Gasteiger partial charge in [-0.05, 0) is 67.2 Å². The van der Waals surface area contributed by atoms with Gasteiger partial charge in [-0.3, -0.25) is 4.98 Å². The maximum atomic E-state index is 11.2. The van der Waals surface area contributed by atoms with Crippen LogP contribution in [-0.4, -0.2) is 39.2 Å². The lowest BCUT2D eigenvalue weighted by Crippen LogP contribution is -2.31. The fourth-order valence-corrected chi connectivity index (χ4v) is 4.77. The monoisotopic (exact) mass is 498 g/mol. The first kappa shape index (κ1) is 23.6. The summed E-state index contributed by atoms with van der Waals surface area (Å²) in [5, 5.41) is 16.7. The van der Waals surface area contributed by atoms with Gasteiger partial charge in [-0.2, -0.15) is 0 Å². The van der Waals surface area contributed by atoms with Crippen molar-refractivity contribution in [3.63, 3.8) is 0 Å². The molecule has 0 bridgehead atoms. The van der Waals surface area contributed by atoms with Crippen LogP contribution in [0.25, 0.3) is 11.3 Å². The number of anilines is 1. The first-order valence-electron chi connectivity index (χ1n) is 11.8. The van der Waals surface area contributed by atoms with Crippen LogP contribution in [0.4, 0.5) is 5.69 Å². The van der Waals surface area contributed by atoms with E-state index in [1.54, 1.807) is 30.5 Å². The van der Waals surface area contributed by atoms with Crippen molar-refractivity contribution in [2.24, 2.45) is 0 Å². The summed E-state index contributed by atoms with van der Waals surface area (Å²) in [6, 6.07) is 26.2. The van der Waals surface area contributed by atoms with E-state index in [1.165, 1.54) is 0 Å². The lowest BCUT2D eigenvalue weighted by Gasteiger charge is -2.26. The molecule has 1 fully saturated rings. The third kappa shape index (κ3) is 5.08. The number of carboxylic acids is 1. The van der Waals surface area contributed by atoms with Gasteiger partial charge in [0.25, 0.3) is 0 Å². The molecular formula is C28H26N4O3S. The van der Waals surface area contributed by atoms with Gasteiger partial charge in [0.15, 0.2) is 5.11 Å². The number of nitrogens with one attached hydrogen (secondary N) is 2. The van der Waals surface area contributed by atoms with E-state index in [2.05, 4.69) is 32.7 Å². The molecule has 1 aliphatic heterocycles. The van der Waals surface area contributed by atoms with Crippen LogP contribution in [0.15, 0.2) is 95.5 Å². The summed E-state index contributed by atoms with van der Waals surface area (Å²) >= 11 is 5.75. The SMILES string of the molecule is O=C(O)c1ccc(-c2ccc([C@H]3[C@@H](c4ccccn4)NC(=S)N3CCCNc3ccccc3)o2)cc1. The van der Waals surface area contributed by atoms with Gasteiger partial charge in [-0.1, -0.05) is 36.4 Å². The molecule has 4 aromatic rings. The van der Waals surface area contributed by atoms with Crippen LogP contribution in [-0.2, 0) is 0 Å². The molecule has 3 N–H and O–H groups in total. The second kappa shape index (κ2) is 10.6. The highest BCUT2D eigenvalue weighted by Gasteiger charge is 2.41. The molecule has 2 atom stereocenters. The van der Waals surface area contributed by atoms with Crippen molar-refractivity contribution in [1.29, 1.82) is 0 Å². The molecule has 2 aromatic carbocycles. The summed E-state index contributed by atoms with van der Waals surface area (Å²) < 4.78 is 6.33. The van der Waals surface area contributed by atoms with Gasteiger partial charge in [-0.15, -0.1) is 0 Å². The quantitative estimate of drug-likeness (QED) is 0.205. The number of carbonyl (C=O) groups is 1. The molecule has 0 aliphatic carbocycles. The van der Waals surface area contributed by atoms with Crippen LogP contribution in [0, 0.1) is 0 Å². The highest BCUT2D eigenvalue weighted by atomic mass is 32.1. The highest BCUT2D eigenvalue weighted by molar-refractivity contribution is 7.80. The number of nitrogens with zero attached hydrogens (tertiary/aromatic N) is 2. The van der Waals surface area contributed by atoms with E-state index in [9.17, 15) is 9.90 Å².